The summed E-state index contributed by atoms with van der Waals surface area (Å²) < 4.78 is 27.3. The van der Waals surface area contributed by atoms with E-state index in [0.717, 1.165) is 36.8 Å². The second-order valence-corrected chi connectivity index (χ2v) is 10.6. The maximum Gasteiger partial charge on any atom is 0.253 e. The summed E-state index contributed by atoms with van der Waals surface area (Å²) in [6.45, 7) is 1.51. The van der Waals surface area contributed by atoms with Crippen molar-refractivity contribution in [3.63, 3.8) is 0 Å². The third-order valence-electron chi connectivity index (χ3n) is 5.84. The van der Waals surface area contributed by atoms with E-state index < -0.39 is 10.0 Å². The molecule has 1 saturated heterocycles. The minimum absolute atomic E-state index is 0.0792. The molecule has 0 unspecified atom stereocenters. The van der Waals surface area contributed by atoms with E-state index >= 15 is 0 Å². The fourth-order valence-corrected chi connectivity index (χ4v) is 5.40. The van der Waals surface area contributed by atoms with Crippen LogP contribution in [0.5, 0.6) is 0 Å². The highest BCUT2D eigenvalue weighted by Crippen LogP contribution is 2.21. The van der Waals surface area contributed by atoms with Crippen molar-refractivity contribution in [2.24, 2.45) is 0 Å². The van der Waals surface area contributed by atoms with Crippen LogP contribution >= 0.6 is 0 Å². The van der Waals surface area contributed by atoms with Crippen molar-refractivity contribution in [2.75, 3.05) is 27.2 Å². The van der Waals surface area contributed by atoms with Crippen molar-refractivity contribution in [3.05, 3.63) is 65.2 Å². The van der Waals surface area contributed by atoms with E-state index in [2.05, 4.69) is 5.32 Å². The third kappa shape index (κ3) is 6.88. The SMILES string of the molecule is CN(C)C(=O)c1cccc(CNC(=O)CCc2ccc(S(=O)(=O)N3CCCCCC3)cc2)c1. The Morgan fingerprint density at radius 1 is 0.939 bits per heavy atom. The minimum atomic E-state index is -3.46. The highest BCUT2D eigenvalue weighted by atomic mass is 32.2. The Bertz CT molecular complexity index is 1060. The van der Waals surface area contributed by atoms with Gasteiger partial charge in [0.25, 0.3) is 5.91 Å². The van der Waals surface area contributed by atoms with Crippen molar-refractivity contribution in [3.8, 4) is 0 Å². The first-order valence-electron chi connectivity index (χ1n) is 11.4. The number of rotatable bonds is 8. The maximum absolute atomic E-state index is 12.9. The number of carbonyl (C=O) groups is 2. The van der Waals surface area contributed by atoms with Crippen molar-refractivity contribution < 1.29 is 18.0 Å². The zero-order chi connectivity index (χ0) is 23.8. The fourth-order valence-electron chi connectivity index (χ4n) is 3.88. The Balaban J connectivity index is 1.51. The van der Waals surface area contributed by atoms with E-state index in [9.17, 15) is 18.0 Å². The molecular weight excluding hydrogens is 438 g/mol. The average Bonchev–Trinajstić information content (AvgIpc) is 3.11. The molecule has 3 rings (SSSR count). The molecule has 2 amide bonds. The molecular formula is C25H33N3O4S. The largest absolute Gasteiger partial charge is 0.352 e. The molecule has 1 aliphatic heterocycles. The predicted octanol–water partition coefficient (Wildman–Crippen LogP) is 3.20. The number of amides is 2. The van der Waals surface area contributed by atoms with Crippen LogP contribution in [0.2, 0.25) is 0 Å². The van der Waals surface area contributed by atoms with E-state index in [1.807, 2.05) is 6.07 Å². The van der Waals surface area contributed by atoms with E-state index in [1.165, 1.54) is 4.90 Å². The van der Waals surface area contributed by atoms with Crippen LogP contribution < -0.4 is 5.32 Å². The van der Waals surface area contributed by atoms with Crippen LogP contribution in [0.25, 0.3) is 0 Å². The smallest absolute Gasteiger partial charge is 0.253 e. The maximum atomic E-state index is 12.9. The number of nitrogens with zero attached hydrogens (tertiary/aromatic N) is 2. The van der Waals surface area contributed by atoms with Gasteiger partial charge in [0.15, 0.2) is 0 Å². The van der Waals surface area contributed by atoms with Crippen LogP contribution in [0.1, 0.15) is 53.6 Å². The van der Waals surface area contributed by atoms with Crippen molar-refractivity contribution in [1.82, 2.24) is 14.5 Å². The zero-order valence-corrected chi connectivity index (χ0v) is 20.2. The van der Waals surface area contributed by atoms with Gasteiger partial charge in [-0.25, -0.2) is 8.42 Å². The lowest BCUT2D eigenvalue weighted by molar-refractivity contribution is -0.121. The van der Waals surface area contributed by atoms with Crippen LogP contribution in [0.15, 0.2) is 53.4 Å². The van der Waals surface area contributed by atoms with Crippen molar-refractivity contribution in [2.45, 2.75) is 50.0 Å². The summed E-state index contributed by atoms with van der Waals surface area (Å²) in [6, 6.07) is 14.1. The van der Waals surface area contributed by atoms with Gasteiger partial charge in [-0.3, -0.25) is 9.59 Å². The van der Waals surface area contributed by atoms with Crippen LogP contribution in [-0.2, 0) is 27.8 Å². The van der Waals surface area contributed by atoms with Gasteiger partial charge in [-0.05, 0) is 54.7 Å². The molecule has 2 aromatic carbocycles. The highest BCUT2D eigenvalue weighted by Gasteiger charge is 2.24. The van der Waals surface area contributed by atoms with E-state index in [4.69, 9.17) is 0 Å². The Hall–Kier alpha value is -2.71. The third-order valence-corrected chi connectivity index (χ3v) is 7.75. The number of aryl methyl sites for hydroxylation is 1. The lowest BCUT2D eigenvalue weighted by atomic mass is 10.1. The Labute approximate surface area is 196 Å². The van der Waals surface area contributed by atoms with Gasteiger partial charge in [0.1, 0.15) is 0 Å². The van der Waals surface area contributed by atoms with E-state index in [0.29, 0.717) is 42.9 Å². The first-order chi connectivity index (χ1) is 15.8. The molecule has 0 spiro atoms. The molecule has 7 nitrogen and oxygen atoms in total. The molecule has 1 fully saturated rings. The number of benzene rings is 2. The Morgan fingerprint density at radius 3 is 2.24 bits per heavy atom. The second-order valence-electron chi connectivity index (χ2n) is 8.64. The molecule has 0 atom stereocenters. The molecule has 2 aromatic rings. The van der Waals surface area contributed by atoms with Crippen molar-refractivity contribution >= 4 is 21.8 Å². The Morgan fingerprint density at radius 2 is 1.61 bits per heavy atom. The summed E-state index contributed by atoms with van der Waals surface area (Å²) in [5, 5.41) is 2.88. The first kappa shape index (κ1) is 24.9. The minimum Gasteiger partial charge on any atom is -0.352 e. The second kappa shape index (κ2) is 11.4. The van der Waals surface area contributed by atoms with Gasteiger partial charge in [0, 0.05) is 45.7 Å². The van der Waals surface area contributed by atoms with Crippen LogP contribution in [0.4, 0.5) is 0 Å². The number of sulfonamides is 1. The van der Waals surface area contributed by atoms with Gasteiger partial charge in [-0.2, -0.15) is 4.31 Å². The standard InChI is InChI=1S/C25H33N3O4S/c1-27(2)25(30)22-9-7-8-21(18-22)19-26-24(29)15-12-20-10-13-23(14-11-20)33(31,32)28-16-5-3-4-6-17-28/h7-11,13-14,18H,3-6,12,15-17,19H2,1-2H3,(H,26,29). The van der Waals surface area contributed by atoms with Gasteiger partial charge in [-0.1, -0.05) is 37.1 Å². The molecule has 0 radical (unpaired) electrons. The summed E-state index contributed by atoms with van der Waals surface area (Å²) >= 11 is 0. The molecule has 33 heavy (non-hydrogen) atoms. The number of hydrogen-bond acceptors (Lipinski definition) is 4. The fraction of sp³-hybridized carbons (Fsp3) is 0.440. The molecule has 1 heterocycles. The van der Waals surface area contributed by atoms with Crippen molar-refractivity contribution in [1.29, 1.82) is 0 Å². The monoisotopic (exact) mass is 471 g/mol. The lowest BCUT2D eigenvalue weighted by Crippen LogP contribution is -2.31. The molecule has 0 bridgehead atoms. The molecule has 0 aliphatic carbocycles. The Kier molecular flexibility index (Phi) is 8.63. The highest BCUT2D eigenvalue weighted by molar-refractivity contribution is 7.89. The summed E-state index contributed by atoms with van der Waals surface area (Å²) in [4.78, 5) is 26.2. The molecule has 0 aromatic heterocycles. The van der Waals surface area contributed by atoms with Crippen LogP contribution in [0.3, 0.4) is 0 Å². The average molecular weight is 472 g/mol. The van der Waals surface area contributed by atoms with Gasteiger partial charge in [0.05, 0.1) is 4.90 Å². The van der Waals surface area contributed by atoms with Gasteiger partial charge >= 0.3 is 0 Å². The van der Waals surface area contributed by atoms with Gasteiger partial charge in [-0.15, -0.1) is 0 Å². The molecule has 1 aliphatic rings. The number of hydrogen-bond donors (Lipinski definition) is 1. The van der Waals surface area contributed by atoms with Gasteiger partial charge < -0.3 is 10.2 Å². The summed E-state index contributed by atoms with van der Waals surface area (Å²) in [5.41, 5.74) is 2.36. The number of nitrogens with one attached hydrogen (secondary N) is 1. The lowest BCUT2D eigenvalue weighted by Gasteiger charge is -2.20. The predicted molar refractivity (Wildman–Crippen MR) is 128 cm³/mol. The summed E-state index contributed by atoms with van der Waals surface area (Å²) in [7, 11) is -0.0567. The van der Waals surface area contributed by atoms with Gasteiger partial charge in [0.2, 0.25) is 15.9 Å². The van der Waals surface area contributed by atoms with E-state index in [-0.39, 0.29) is 11.8 Å². The quantitative estimate of drug-likeness (QED) is 0.641. The number of carbonyl (C=O) groups excluding carboxylic acids is 2. The normalized spacial score (nSPS) is 15.0. The summed E-state index contributed by atoms with van der Waals surface area (Å²) in [6.07, 6.45) is 4.79. The first-order valence-corrected chi connectivity index (χ1v) is 12.9. The van der Waals surface area contributed by atoms with E-state index in [1.54, 1.807) is 60.9 Å². The zero-order valence-electron chi connectivity index (χ0n) is 19.4. The molecule has 1 N–H and O–H groups in total. The molecule has 0 saturated carbocycles. The van der Waals surface area contributed by atoms with Crippen LogP contribution in [-0.4, -0.2) is 56.6 Å². The van der Waals surface area contributed by atoms with Crippen LogP contribution in [0, 0.1) is 0 Å². The topological polar surface area (TPSA) is 86.8 Å². The summed E-state index contributed by atoms with van der Waals surface area (Å²) in [5.74, 6) is -0.176. The molecule has 8 heteroatoms. The molecule has 178 valence electrons.